The van der Waals surface area contributed by atoms with Crippen LogP contribution >= 0.6 is 0 Å². The summed E-state index contributed by atoms with van der Waals surface area (Å²) in [6.07, 6.45) is -1.24. The van der Waals surface area contributed by atoms with Gasteiger partial charge in [0.1, 0.15) is 6.04 Å². The summed E-state index contributed by atoms with van der Waals surface area (Å²) >= 11 is 0. The van der Waals surface area contributed by atoms with E-state index in [1.807, 2.05) is 5.32 Å². The summed E-state index contributed by atoms with van der Waals surface area (Å²) in [5, 5.41) is 19.0. The predicted molar refractivity (Wildman–Crippen MR) is 53.6 cm³/mol. The fraction of sp³-hybridized carbons (Fsp3) is 0.500. The molecule has 0 heterocycles. The van der Waals surface area contributed by atoms with Gasteiger partial charge in [0.2, 0.25) is 11.8 Å². The van der Waals surface area contributed by atoms with Crippen LogP contribution < -0.4 is 16.8 Å². The van der Waals surface area contributed by atoms with Gasteiger partial charge in [0.05, 0.1) is 18.9 Å². The first-order valence-corrected chi connectivity index (χ1v) is 4.53. The number of amides is 2. The van der Waals surface area contributed by atoms with E-state index in [2.05, 4.69) is 0 Å². The van der Waals surface area contributed by atoms with E-state index in [1.54, 1.807) is 0 Å². The van der Waals surface area contributed by atoms with E-state index in [4.69, 9.17) is 21.7 Å². The Morgan fingerprint density at radius 2 is 1.65 bits per heavy atom. The first-order valence-electron chi connectivity index (χ1n) is 4.53. The highest BCUT2D eigenvalue weighted by Crippen LogP contribution is 1.95. The first kappa shape index (κ1) is 14.8. The molecule has 9 heteroatoms. The van der Waals surface area contributed by atoms with Gasteiger partial charge in [-0.15, -0.1) is 0 Å². The molecule has 0 fully saturated rings. The minimum atomic E-state index is -1.51. The Kier molecular flexibility index (Phi) is 5.61. The quantitative estimate of drug-likeness (QED) is 0.323. The van der Waals surface area contributed by atoms with Gasteiger partial charge in [0, 0.05) is 0 Å². The third-order valence-electron chi connectivity index (χ3n) is 1.75. The maximum Gasteiger partial charge on any atom is 0.326 e. The molecule has 2 atom stereocenters. The lowest BCUT2D eigenvalue weighted by atomic mass is 10.1. The molecule has 96 valence electrons. The van der Waals surface area contributed by atoms with Crippen molar-refractivity contribution in [1.82, 2.24) is 5.32 Å². The average Bonchev–Trinajstić information content (AvgIpc) is 2.14. The van der Waals surface area contributed by atoms with Gasteiger partial charge in [-0.25, -0.2) is 4.79 Å². The number of primary amides is 1. The van der Waals surface area contributed by atoms with E-state index in [1.165, 1.54) is 0 Å². The molecule has 0 aliphatic rings. The second kappa shape index (κ2) is 6.43. The average molecular weight is 247 g/mol. The molecule has 17 heavy (non-hydrogen) atoms. The molecule has 0 bridgehead atoms. The molecule has 0 saturated heterocycles. The monoisotopic (exact) mass is 247 g/mol. The molecule has 0 saturated carbocycles. The molecule has 0 radical (unpaired) electrons. The normalized spacial score (nSPS) is 13.5. The van der Waals surface area contributed by atoms with Gasteiger partial charge in [0.15, 0.2) is 0 Å². The number of hydrogen-bond donors (Lipinski definition) is 5. The van der Waals surface area contributed by atoms with Crippen molar-refractivity contribution in [1.29, 1.82) is 0 Å². The molecule has 0 aromatic carbocycles. The molecule has 0 rings (SSSR count). The van der Waals surface area contributed by atoms with Crippen LogP contribution in [0.25, 0.3) is 0 Å². The van der Waals surface area contributed by atoms with Crippen LogP contribution in [-0.2, 0) is 19.2 Å². The molecule has 0 aromatic heterocycles. The van der Waals surface area contributed by atoms with Crippen LogP contribution in [0, 0.1) is 0 Å². The molecular formula is C8H13N3O6. The van der Waals surface area contributed by atoms with Gasteiger partial charge >= 0.3 is 11.9 Å². The van der Waals surface area contributed by atoms with E-state index in [-0.39, 0.29) is 0 Å². The minimum Gasteiger partial charge on any atom is -0.481 e. The zero-order valence-corrected chi connectivity index (χ0v) is 8.75. The van der Waals surface area contributed by atoms with Gasteiger partial charge in [-0.3, -0.25) is 14.4 Å². The van der Waals surface area contributed by atoms with Gasteiger partial charge in [-0.1, -0.05) is 0 Å². The zero-order valence-electron chi connectivity index (χ0n) is 8.75. The summed E-state index contributed by atoms with van der Waals surface area (Å²) in [6, 6.07) is -2.90. The Morgan fingerprint density at radius 3 is 2.00 bits per heavy atom. The molecule has 9 nitrogen and oxygen atoms in total. The molecule has 0 aromatic rings. The number of rotatable bonds is 7. The number of carboxylic acid groups (broad SMARTS) is 2. The van der Waals surface area contributed by atoms with Crippen molar-refractivity contribution in [3.63, 3.8) is 0 Å². The highest BCUT2D eigenvalue weighted by atomic mass is 16.4. The van der Waals surface area contributed by atoms with Crippen molar-refractivity contribution in [3.05, 3.63) is 0 Å². The molecule has 1 unspecified atom stereocenters. The topological polar surface area (TPSA) is 173 Å². The van der Waals surface area contributed by atoms with E-state index < -0.39 is 48.7 Å². The number of nitrogens with one attached hydrogen (secondary N) is 1. The van der Waals surface area contributed by atoms with Crippen molar-refractivity contribution in [2.45, 2.75) is 24.9 Å². The van der Waals surface area contributed by atoms with Gasteiger partial charge in [-0.05, 0) is 0 Å². The lowest BCUT2D eigenvalue weighted by Crippen LogP contribution is -2.50. The maximum absolute atomic E-state index is 11.3. The second-order valence-electron chi connectivity index (χ2n) is 3.27. The summed E-state index contributed by atoms with van der Waals surface area (Å²) < 4.78 is 0. The maximum atomic E-state index is 11.3. The van der Waals surface area contributed by atoms with Gasteiger partial charge in [-0.2, -0.15) is 0 Å². The lowest BCUT2D eigenvalue weighted by Gasteiger charge is -2.15. The first-order chi connectivity index (χ1) is 7.73. The standard InChI is InChI=1S/C8H13N3O6/c9-3(1-6(13)14)7(15)11-4(8(16)17)2-5(10)12/h3-4H,1-2,9H2,(H2,10,12)(H,11,15)(H,13,14)(H,16,17)/t3?,4-/m0/s1. The second-order valence-corrected chi connectivity index (χ2v) is 3.27. The summed E-state index contributed by atoms with van der Waals surface area (Å²) in [7, 11) is 0. The number of carboxylic acids is 2. The lowest BCUT2D eigenvalue weighted by molar-refractivity contribution is -0.144. The van der Waals surface area contributed by atoms with E-state index in [9.17, 15) is 19.2 Å². The predicted octanol–water partition coefficient (Wildman–Crippen LogP) is -2.77. The summed E-state index contributed by atoms with van der Waals surface area (Å²) in [5.74, 6) is -4.64. The Labute approximate surface area is 95.8 Å². The number of nitrogens with two attached hydrogens (primary N) is 2. The number of aliphatic carboxylic acids is 2. The van der Waals surface area contributed by atoms with Crippen LogP contribution in [0.15, 0.2) is 0 Å². The Hall–Kier alpha value is -2.16. The minimum absolute atomic E-state index is 0.596. The third-order valence-corrected chi connectivity index (χ3v) is 1.75. The largest absolute Gasteiger partial charge is 0.481 e. The summed E-state index contributed by atoms with van der Waals surface area (Å²) in [4.78, 5) is 42.7. The number of hydrogen-bond acceptors (Lipinski definition) is 5. The van der Waals surface area contributed by atoms with Crippen LogP contribution in [0.2, 0.25) is 0 Å². The number of carbonyl (C=O) groups is 4. The highest BCUT2D eigenvalue weighted by molar-refractivity contribution is 5.91. The Morgan fingerprint density at radius 1 is 1.12 bits per heavy atom. The molecular weight excluding hydrogens is 234 g/mol. The van der Waals surface area contributed by atoms with E-state index in [0.717, 1.165) is 0 Å². The smallest absolute Gasteiger partial charge is 0.326 e. The van der Waals surface area contributed by atoms with E-state index in [0.29, 0.717) is 0 Å². The van der Waals surface area contributed by atoms with E-state index >= 15 is 0 Å². The van der Waals surface area contributed by atoms with Crippen LogP contribution in [0.1, 0.15) is 12.8 Å². The molecule has 0 aliphatic heterocycles. The van der Waals surface area contributed by atoms with Crippen LogP contribution in [-0.4, -0.2) is 46.0 Å². The van der Waals surface area contributed by atoms with Crippen molar-refractivity contribution >= 4 is 23.8 Å². The SMILES string of the molecule is NC(=O)C[C@H](NC(=O)C(N)CC(=O)O)C(=O)O. The van der Waals surface area contributed by atoms with Crippen LogP contribution in [0.3, 0.4) is 0 Å². The van der Waals surface area contributed by atoms with Crippen molar-refractivity contribution in [2.24, 2.45) is 11.5 Å². The fourth-order valence-electron chi connectivity index (χ4n) is 0.961. The summed E-state index contributed by atoms with van der Waals surface area (Å²) in [6.45, 7) is 0. The van der Waals surface area contributed by atoms with Crippen molar-refractivity contribution in [2.75, 3.05) is 0 Å². The zero-order chi connectivity index (χ0) is 13.6. The fourth-order valence-corrected chi connectivity index (χ4v) is 0.961. The highest BCUT2D eigenvalue weighted by Gasteiger charge is 2.25. The molecule has 0 aliphatic carbocycles. The van der Waals surface area contributed by atoms with Crippen molar-refractivity contribution < 1.29 is 29.4 Å². The van der Waals surface area contributed by atoms with Crippen molar-refractivity contribution in [3.8, 4) is 0 Å². The molecule has 0 spiro atoms. The molecule has 2 amide bonds. The van der Waals surface area contributed by atoms with Gasteiger partial charge in [0.25, 0.3) is 0 Å². The van der Waals surface area contributed by atoms with Crippen LogP contribution in [0.4, 0.5) is 0 Å². The Bertz CT molecular complexity index is 342. The molecule has 7 N–H and O–H groups in total. The summed E-state index contributed by atoms with van der Waals surface area (Å²) in [5.41, 5.74) is 9.98. The Balaban J connectivity index is 4.44. The van der Waals surface area contributed by atoms with Crippen LogP contribution in [0.5, 0.6) is 0 Å². The number of carbonyl (C=O) groups excluding carboxylic acids is 2. The van der Waals surface area contributed by atoms with Gasteiger partial charge < -0.3 is 27.0 Å². The third kappa shape index (κ3) is 6.10.